The van der Waals surface area contributed by atoms with E-state index in [0.717, 1.165) is 10.0 Å². The quantitative estimate of drug-likeness (QED) is 0.196. The molecule has 8 nitrogen and oxygen atoms in total. The Labute approximate surface area is 265 Å². The number of fused-ring (bicyclic) bond motifs is 1. The van der Waals surface area contributed by atoms with E-state index in [9.17, 15) is 9.59 Å². The average molecular weight is 684 g/mol. The van der Waals surface area contributed by atoms with Gasteiger partial charge in [-0.25, -0.2) is 9.79 Å². The molecule has 1 aromatic heterocycles. The molecular weight excluding hydrogens is 656 g/mol. The highest BCUT2D eigenvalue weighted by molar-refractivity contribution is 9.10. The number of methoxy groups -OCH3 is 1. The molecule has 11 heteroatoms. The number of hydrogen-bond acceptors (Lipinski definition) is 8. The second kappa shape index (κ2) is 13.6. The van der Waals surface area contributed by atoms with Gasteiger partial charge in [0.15, 0.2) is 16.3 Å². The highest BCUT2D eigenvalue weighted by Crippen LogP contribution is 2.35. The first-order valence-electron chi connectivity index (χ1n) is 13.5. The van der Waals surface area contributed by atoms with Crippen LogP contribution in [0.25, 0.3) is 6.08 Å². The third-order valence-electron chi connectivity index (χ3n) is 6.57. The topological polar surface area (TPSA) is 88.4 Å². The Morgan fingerprint density at radius 3 is 2.44 bits per heavy atom. The Bertz CT molecular complexity index is 1870. The highest BCUT2D eigenvalue weighted by atomic mass is 79.9. The van der Waals surface area contributed by atoms with E-state index in [1.165, 1.54) is 29.2 Å². The van der Waals surface area contributed by atoms with Crippen LogP contribution >= 0.6 is 38.9 Å². The first-order chi connectivity index (χ1) is 20.8. The average Bonchev–Trinajstić information content (AvgIpc) is 3.32. The van der Waals surface area contributed by atoms with Gasteiger partial charge in [0, 0.05) is 21.3 Å². The molecule has 0 bridgehead atoms. The summed E-state index contributed by atoms with van der Waals surface area (Å²) in [7, 11) is 1.30. The van der Waals surface area contributed by atoms with Gasteiger partial charge in [0.25, 0.3) is 5.56 Å². The van der Waals surface area contributed by atoms with Gasteiger partial charge in [-0.05, 0) is 73.5 Å². The van der Waals surface area contributed by atoms with E-state index < -0.39 is 12.0 Å². The minimum atomic E-state index is -0.788. The summed E-state index contributed by atoms with van der Waals surface area (Å²) in [5.41, 5.74) is 2.23. The predicted molar refractivity (Wildman–Crippen MR) is 170 cm³/mol. The third kappa shape index (κ3) is 6.71. The fraction of sp³-hybridized carbons (Fsp3) is 0.219. The number of esters is 1. The Morgan fingerprint density at radius 2 is 1.72 bits per heavy atom. The molecular formula is C32H28BrClN2O6S. The number of hydrogen-bond donors (Lipinski definition) is 0. The van der Waals surface area contributed by atoms with Gasteiger partial charge < -0.3 is 18.9 Å². The molecule has 0 aliphatic carbocycles. The van der Waals surface area contributed by atoms with Gasteiger partial charge in [-0.15, -0.1) is 0 Å². The standard InChI is InChI=1S/C32H28BrClN2O6S/c1-4-40-26-12-8-20(15-27(26)41-5-2)29-24(31(38)39-3)17-35-32-36(29)30(37)28(43-32)16-21-14-22(33)9-13-25(21)42-18-19-6-10-23(34)11-7-19/h6-17,29H,4-5,18H2,1-3H3/b28-16-/t29-/m1/s1. The molecule has 0 amide bonds. The van der Waals surface area contributed by atoms with E-state index in [1.807, 2.05) is 62.4 Å². The van der Waals surface area contributed by atoms with Crippen molar-refractivity contribution < 1.29 is 23.7 Å². The van der Waals surface area contributed by atoms with Crippen LogP contribution in [0.15, 0.2) is 86.7 Å². The fourth-order valence-electron chi connectivity index (χ4n) is 4.63. The maximum Gasteiger partial charge on any atom is 0.337 e. The van der Waals surface area contributed by atoms with Crippen molar-refractivity contribution >= 4 is 50.9 Å². The van der Waals surface area contributed by atoms with Crippen molar-refractivity contribution in [1.82, 2.24) is 4.57 Å². The van der Waals surface area contributed by atoms with Gasteiger partial charge in [0.05, 0.1) is 36.5 Å². The Hall–Kier alpha value is -3.86. The zero-order chi connectivity index (χ0) is 30.5. The van der Waals surface area contributed by atoms with Crippen LogP contribution in [-0.4, -0.2) is 30.9 Å². The van der Waals surface area contributed by atoms with E-state index in [-0.39, 0.29) is 11.1 Å². The monoisotopic (exact) mass is 682 g/mol. The number of ether oxygens (including phenoxy) is 4. The Balaban J connectivity index is 1.60. The number of carbonyl (C=O) groups is 1. The summed E-state index contributed by atoms with van der Waals surface area (Å²) in [6, 6.07) is 17.6. The van der Waals surface area contributed by atoms with Crippen LogP contribution in [-0.2, 0) is 16.1 Å². The highest BCUT2D eigenvalue weighted by Gasteiger charge is 2.31. The van der Waals surface area contributed by atoms with Gasteiger partial charge in [0.2, 0.25) is 0 Å². The van der Waals surface area contributed by atoms with Crippen LogP contribution in [0.3, 0.4) is 0 Å². The number of carbonyl (C=O) groups excluding carboxylic acids is 1. The van der Waals surface area contributed by atoms with Gasteiger partial charge in [0.1, 0.15) is 12.4 Å². The molecule has 0 spiro atoms. The van der Waals surface area contributed by atoms with Crippen molar-refractivity contribution in [2.75, 3.05) is 20.3 Å². The summed E-state index contributed by atoms with van der Waals surface area (Å²) < 4.78 is 25.5. The third-order valence-corrected chi connectivity index (χ3v) is 8.32. The van der Waals surface area contributed by atoms with Crippen LogP contribution in [0.5, 0.6) is 17.2 Å². The summed E-state index contributed by atoms with van der Waals surface area (Å²) in [6.45, 7) is 4.97. The molecule has 1 aliphatic heterocycles. The lowest BCUT2D eigenvalue weighted by atomic mass is 9.97. The molecule has 2 heterocycles. The fourth-order valence-corrected chi connectivity index (χ4v) is 6.10. The molecule has 1 aliphatic rings. The first-order valence-corrected chi connectivity index (χ1v) is 15.5. The number of aromatic nitrogens is 1. The van der Waals surface area contributed by atoms with Crippen LogP contribution in [0, 0.1) is 0 Å². The lowest BCUT2D eigenvalue weighted by Gasteiger charge is -2.23. The number of rotatable bonds is 10. The van der Waals surface area contributed by atoms with Crippen molar-refractivity contribution in [3.05, 3.63) is 118 Å². The van der Waals surface area contributed by atoms with Crippen molar-refractivity contribution in [2.45, 2.75) is 26.5 Å². The second-order valence-electron chi connectivity index (χ2n) is 9.35. The van der Waals surface area contributed by atoms with Crippen molar-refractivity contribution in [1.29, 1.82) is 0 Å². The molecule has 0 saturated heterocycles. The molecule has 0 N–H and O–H groups in total. The molecule has 0 fully saturated rings. The van der Waals surface area contributed by atoms with Gasteiger partial charge in [-0.3, -0.25) is 9.36 Å². The van der Waals surface area contributed by atoms with Crippen LogP contribution < -0.4 is 29.1 Å². The summed E-state index contributed by atoms with van der Waals surface area (Å²) in [4.78, 5) is 31.8. The molecule has 4 aromatic rings. The molecule has 0 saturated carbocycles. The summed E-state index contributed by atoms with van der Waals surface area (Å²) in [5.74, 6) is 1.11. The molecule has 5 rings (SSSR count). The van der Waals surface area contributed by atoms with Gasteiger partial charge in [-0.1, -0.05) is 57.1 Å². The number of thiazole rings is 1. The number of halogens is 2. The molecule has 3 aromatic carbocycles. The zero-order valence-corrected chi connectivity index (χ0v) is 26.8. The second-order valence-corrected chi connectivity index (χ2v) is 11.7. The normalized spacial score (nSPS) is 14.4. The molecule has 222 valence electrons. The maximum absolute atomic E-state index is 14.0. The minimum Gasteiger partial charge on any atom is -0.490 e. The molecule has 0 radical (unpaired) electrons. The van der Waals surface area contributed by atoms with E-state index >= 15 is 0 Å². The molecule has 1 atom stereocenters. The summed E-state index contributed by atoms with van der Waals surface area (Å²) in [6.07, 6.45) is 3.23. The number of nitrogens with zero attached hydrogens (tertiary/aromatic N) is 2. The van der Waals surface area contributed by atoms with Crippen molar-refractivity contribution in [3.8, 4) is 17.2 Å². The maximum atomic E-state index is 14.0. The van der Waals surface area contributed by atoms with Crippen LogP contribution in [0.1, 0.15) is 36.6 Å². The largest absolute Gasteiger partial charge is 0.490 e. The van der Waals surface area contributed by atoms with Crippen LogP contribution in [0.2, 0.25) is 5.02 Å². The molecule has 0 unspecified atom stereocenters. The summed E-state index contributed by atoms with van der Waals surface area (Å²) in [5, 5.41) is 0.650. The van der Waals surface area contributed by atoms with Crippen molar-refractivity contribution in [3.63, 3.8) is 0 Å². The van der Waals surface area contributed by atoms with Crippen molar-refractivity contribution in [2.24, 2.45) is 4.99 Å². The van der Waals surface area contributed by atoms with Crippen LogP contribution in [0.4, 0.5) is 0 Å². The molecule has 43 heavy (non-hydrogen) atoms. The van der Waals surface area contributed by atoms with E-state index in [1.54, 1.807) is 18.2 Å². The lowest BCUT2D eigenvalue weighted by Crippen LogP contribution is -2.39. The Morgan fingerprint density at radius 1 is 1.00 bits per heavy atom. The number of benzene rings is 3. The smallest absolute Gasteiger partial charge is 0.337 e. The SMILES string of the molecule is CCOc1ccc([C@@H]2C(C(=O)OC)=CN=c3s/c(=C\c4cc(Br)ccc4OCc4ccc(Cl)cc4)c(=O)n32)cc1OCC. The van der Waals surface area contributed by atoms with E-state index in [4.69, 9.17) is 30.5 Å². The van der Waals surface area contributed by atoms with E-state index in [2.05, 4.69) is 20.9 Å². The lowest BCUT2D eigenvalue weighted by molar-refractivity contribution is -0.136. The van der Waals surface area contributed by atoms with Gasteiger partial charge in [-0.2, -0.15) is 0 Å². The predicted octanol–water partition coefficient (Wildman–Crippen LogP) is 5.81. The first kappa shape index (κ1) is 30.6. The van der Waals surface area contributed by atoms with Gasteiger partial charge >= 0.3 is 5.97 Å². The summed E-state index contributed by atoms with van der Waals surface area (Å²) >= 11 is 10.8. The minimum absolute atomic E-state index is 0.225. The Kier molecular flexibility index (Phi) is 9.69. The zero-order valence-electron chi connectivity index (χ0n) is 23.6. The van der Waals surface area contributed by atoms with E-state index in [0.29, 0.717) is 62.6 Å².